The first kappa shape index (κ1) is 25.7. The first-order chi connectivity index (χ1) is 15.4. The van der Waals surface area contributed by atoms with Crippen LogP contribution in [0.4, 0.5) is 0 Å². The number of ketones is 2. The molecule has 0 atom stereocenters. The zero-order valence-electron chi connectivity index (χ0n) is 19.6. The zero-order valence-corrected chi connectivity index (χ0v) is 19.6. The van der Waals surface area contributed by atoms with Crippen LogP contribution in [0.3, 0.4) is 0 Å². The van der Waals surface area contributed by atoms with Crippen molar-refractivity contribution in [3.8, 4) is 0 Å². The van der Waals surface area contributed by atoms with Gasteiger partial charge in [-0.3, -0.25) is 19.2 Å². The van der Waals surface area contributed by atoms with E-state index in [4.69, 9.17) is 4.74 Å². The lowest BCUT2D eigenvalue weighted by atomic mass is 9.84. The highest BCUT2D eigenvalue weighted by Gasteiger charge is 2.39. The van der Waals surface area contributed by atoms with Gasteiger partial charge in [0.2, 0.25) is 0 Å². The Bertz CT molecular complexity index is 983. The number of ether oxygens (including phenoxy) is 1. The maximum absolute atomic E-state index is 12.7. The molecular formula is C28H30O5. The Balaban J connectivity index is 2.02. The zero-order chi connectivity index (χ0) is 24.8. The second kappa shape index (κ2) is 10.3. The van der Waals surface area contributed by atoms with E-state index in [1.54, 1.807) is 88.4 Å². The fourth-order valence-corrected chi connectivity index (χ4v) is 3.12. The molecular weight excluding hydrogens is 416 g/mol. The quantitative estimate of drug-likeness (QED) is 0.256. The van der Waals surface area contributed by atoms with E-state index in [2.05, 4.69) is 13.2 Å². The highest BCUT2D eigenvalue weighted by Crippen LogP contribution is 2.29. The van der Waals surface area contributed by atoms with Crippen molar-refractivity contribution >= 4 is 35.7 Å². The van der Waals surface area contributed by atoms with Crippen LogP contribution in [0.2, 0.25) is 0 Å². The Morgan fingerprint density at radius 2 is 0.970 bits per heavy atom. The second-order valence-electron chi connectivity index (χ2n) is 9.30. The molecule has 5 heteroatoms. The van der Waals surface area contributed by atoms with Gasteiger partial charge in [-0.25, -0.2) is 0 Å². The van der Waals surface area contributed by atoms with E-state index in [0.717, 1.165) is 11.1 Å². The first-order valence-electron chi connectivity index (χ1n) is 10.7. The molecule has 172 valence electrons. The number of carbonyl (C=O) groups is 4. The molecule has 5 nitrogen and oxygen atoms in total. The van der Waals surface area contributed by atoms with E-state index >= 15 is 0 Å². The highest BCUT2D eigenvalue weighted by atomic mass is 16.6. The fraction of sp³-hybridized carbons (Fsp3) is 0.286. The van der Waals surface area contributed by atoms with Gasteiger partial charge in [0.1, 0.15) is 0 Å². The topological polar surface area (TPSA) is 77.5 Å². The largest absolute Gasteiger partial charge is 0.392 e. The van der Waals surface area contributed by atoms with Gasteiger partial charge >= 0.3 is 11.9 Å². The minimum Gasteiger partial charge on any atom is -0.392 e. The number of hydrogen-bond acceptors (Lipinski definition) is 5. The van der Waals surface area contributed by atoms with Crippen molar-refractivity contribution < 1.29 is 23.9 Å². The van der Waals surface area contributed by atoms with Crippen molar-refractivity contribution in [1.82, 2.24) is 0 Å². The number of rotatable bonds is 10. The van der Waals surface area contributed by atoms with E-state index in [9.17, 15) is 19.2 Å². The molecule has 2 aromatic rings. The van der Waals surface area contributed by atoms with Crippen LogP contribution in [0.15, 0.2) is 61.7 Å². The molecule has 0 heterocycles. The molecule has 0 aliphatic rings. The highest BCUT2D eigenvalue weighted by molar-refractivity contribution is 6.02. The maximum Gasteiger partial charge on any atom is 0.319 e. The molecule has 0 spiro atoms. The van der Waals surface area contributed by atoms with Crippen molar-refractivity contribution in [2.24, 2.45) is 10.8 Å². The molecule has 2 aromatic carbocycles. The molecule has 0 saturated heterocycles. The number of benzene rings is 2. The summed E-state index contributed by atoms with van der Waals surface area (Å²) in [6, 6.07) is 13.7. The third-order valence-corrected chi connectivity index (χ3v) is 5.43. The number of hydrogen-bond donors (Lipinski definition) is 0. The van der Waals surface area contributed by atoms with E-state index in [0.29, 0.717) is 11.1 Å². The van der Waals surface area contributed by atoms with Gasteiger partial charge in [-0.15, -0.1) is 0 Å². The summed E-state index contributed by atoms with van der Waals surface area (Å²) < 4.78 is 5.12. The van der Waals surface area contributed by atoms with Crippen LogP contribution in [0.1, 0.15) is 72.4 Å². The summed E-state index contributed by atoms with van der Waals surface area (Å²) in [5.41, 5.74) is 0.241. The molecule has 0 aliphatic heterocycles. The Kier molecular flexibility index (Phi) is 8.04. The molecule has 2 rings (SSSR count). The lowest BCUT2D eigenvalue weighted by molar-refractivity contribution is -0.172. The van der Waals surface area contributed by atoms with Crippen LogP contribution in [-0.2, 0) is 14.3 Å². The maximum atomic E-state index is 12.7. The van der Waals surface area contributed by atoms with E-state index in [1.165, 1.54) is 0 Å². The summed E-state index contributed by atoms with van der Waals surface area (Å²) in [4.78, 5) is 50.7. The van der Waals surface area contributed by atoms with E-state index in [-0.39, 0.29) is 24.4 Å². The van der Waals surface area contributed by atoms with Crippen LogP contribution in [0.5, 0.6) is 0 Å². The van der Waals surface area contributed by atoms with Gasteiger partial charge < -0.3 is 4.74 Å². The molecule has 0 fully saturated rings. The van der Waals surface area contributed by atoms with Crippen molar-refractivity contribution in [2.75, 3.05) is 0 Å². The smallest absolute Gasteiger partial charge is 0.319 e. The Hall–Kier alpha value is -3.60. The van der Waals surface area contributed by atoms with Crippen molar-refractivity contribution in [1.29, 1.82) is 0 Å². The van der Waals surface area contributed by atoms with Crippen LogP contribution >= 0.6 is 0 Å². The summed E-state index contributed by atoms with van der Waals surface area (Å²) in [7, 11) is 0. The Morgan fingerprint density at radius 1 is 0.667 bits per heavy atom. The van der Waals surface area contributed by atoms with Gasteiger partial charge in [0.15, 0.2) is 11.6 Å². The van der Waals surface area contributed by atoms with Crippen LogP contribution in [-0.4, -0.2) is 23.5 Å². The molecule has 33 heavy (non-hydrogen) atoms. The van der Waals surface area contributed by atoms with Gasteiger partial charge in [0, 0.05) is 24.0 Å². The molecule has 0 bridgehead atoms. The average molecular weight is 447 g/mol. The molecule has 0 saturated carbocycles. The summed E-state index contributed by atoms with van der Waals surface area (Å²) in [6.07, 6.45) is 3.09. The second-order valence-corrected chi connectivity index (χ2v) is 9.30. The fourth-order valence-electron chi connectivity index (χ4n) is 3.12. The molecule has 0 unspecified atom stereocenters. The third-order valence-electron chi connectivity index (χ3n) is 5.43. The lowest BCUT2D eigenvalue weighted by Gasteiger charge is -2.25. The summed E-state index contributed by atoms with van der Waals surface area (Å²) in [5, 5.41) is 0. The van der Waals surface area contributed by atoms with Crippen LogP contribution in [0.25, 0.3) is 12.2 Å². The average Bonchev–Trinajstić information content (AvgIpc) is 2.78. The Labute approximate surface area is 195 Å². The van der Waals surface area contributed by atoms with Crippen molar-refractivity contribution in [3.63, 3.8) is 0 Å². The Morgan fingerprint density at radius 3 is 1.24 bits per heavy atom. The normalized spacial score (nSPS) is 11.4. The lowest BCUT2D eigenvalue weighted by Crippen LogP contribution is -2.37. The summed E-state index contributed by atoms with van der Waals surface area (Å²) in [5.74, 6) is -2.09. The van der Waals surface area contributed by atoms with Crippen molar-refractivity contribution in [2.45, 2.75) is 40.5 Å². The molecule has 0 amide bonds. The van der Waals surface area contributed by atoms with Crippen LogP contribution in [0, 0.1) is 10.8 Å². The van der Waals surface area contributed by atoms with Gasteiger partial charge in [0.05, 0.1) is 10.8 Å². The monoisotopic (exact) mass is 446 g/mol. The number of esters is 2. The van der Waals surface area contributed by atoms with Gasteiger partial charge in [-0.2, -0.15) is 0 Å². The van der Waals surface area contributed by atoms with E-state index < -0.39 is 22.8 Å². The SMILES string of the molecule is C=Cc1ccc(C(=O)CC(C)(C)C(=O)OC(=O)C(C)(C)CC(=O)c2ccc(C=C)cc2)cc1. The standard InChI is InChI=1S/C28H30O5/c1-7-19-9-13-21(14-10-19)23(29)17-27(3,4)25(31)33-26(32)28(5,6)18-24(30)22-15-11-20(8-2)12-16-22/h7-16H,1-2,17-18H2,3-6H3. The van der Waals surface area contributed by atoms with Gasteiger partial charge in [-0.05, 0) is 38.8 Å². The third kappa shape index (κ3) is 6.69. The predicted molar refractivity (Wildman–Crippen MR) is 130 cm³/mol. The molecule has 0 N–H and O–H groups in total. The summed E-state index contributed by atoms with van der Waals surface area (Å²) >= 11 is 0. The predicted octanol–water partition coefficient (Wildman–Crippen LogP) is 5.94. The first-order valence-corrected chi connectivity index (χ1v) is 10.7. The molecule has 0 aromatic heterocycles. The minimum atomic E-state index is -1.22. The van der Waals surface area contributed by atoms with Crippen molar-refractivity contribution in [3.05, 3.63) is 83.9 Å². The number of carbonyl (C=O) groups excluding carboxylic acids is 4. The van der Waals surface area contributed by atoms with Gasteiger partial charge in [-0.1, -0.05) is 73.8 Å². The number of Topliss-reactive ketones (excluding diaryl/α,β-unsaturated/α-hetero) is 2. The van der Waals surface area contributed by atoms with E-state index in [1.807, 2.05) is 0 Å². The molecule has 0 radical (unpaired) electrons. The summed E-state index contributed by atoms with van der Waals surface area (Å²) in [6.45, 7) is 13.6. The minimum absolute atomic E-state index is 0.123. The molecule has 0 aliphatic carbocycles. The van der Waals surface area contributed by atoms with Crippen LogP contribution < -0.4 is 0 Å². The van der Waals surface area contributed by atoms with Gasteiger partial charge in [0.25, 0.3) is 0 Å².